The molecule has 2 fully saturated rings. The number of amides is 2. The number of nitrogens with zero attached hydrogens (tertiary/aromatic N) is 4. The lowest BCUT2D eigenvalue weighted by Gasteiger charge is -2.38. The van der Waals surface area contributed by atoms with Crippen LogP contribution in [0.4, 0.5) is 4.39 Å². The van der Waals surface area contributed by atoms with Crippen molar-refractivity contribution in [2.24, 2.45) is 5.92 Å². The predicted molar refractivity (Wildman–Crippen MR) is 113 cm³/mol. The zero-order valence-electron chi connectivity index (χ0n) is 16.8. The molecular weight excluding hydrogens is 403 g/mol. The SMILES string of the molecule is Cc1nn(-c2ccc(F)cc2)c2sc(C(=O)N3CCN(C(=O)C4CCC4)CC3)cc12. The van der Waals surface area contributed by atoms with E-state index in [1.54, 1.807) is 16.8 Å². The molecule has 1 saturated carbocycles. The van der Waals surface area contributed by atoms with Crippen LogP contribution in [0.2, 0.25) is 0 Å². The van der Waals surface area contributed by atoms with Gasteiger partial charge in [-0.1, -0.05) is 6.42 Å². The van der Waals surface area contributed by atoms with Gasteiger partial charge in [0.1, 0.15) is 10.6 Å². The third kappa shape index (κ3) is 3.29. The minimum atomic E-state index is -0.296. The number of aromatic nitrogens is 2. The molecule has 30 heavy (non-hydrogen) atoms. The average Bonchev–Trinajstić information content (AvgIpc) is 3.28. The third-order valence-corrected chi connectivity index (χ3v) is 7.26. The maximum atomic E-state index is 13.3. The molecule has 5 rings (SSSR count). The Bertz CT molecular complexity index is 1110. The van der Waals surface area contributed by atoms with Crippen molar-refractivity contribution in [3.63, 3.8) is 0 Å². The molecule has 0 bridgehead atoms. The van der Waals surface area contributed by atoms with Crippen LogP contribution in [0.5, 0.6) is 0 Å². The zero-order chi connectivity index (χ0) is 20.8. The number of carbonyl (C=O) groups is 2. The molecule has 8 heteroatoms. The molecule has 156 valence electrons. The van der Waals surface area contributed by atoms with Gasteiger partial charge in [-0.05, 0) is 50.1 Å². The fourth-order valence-corrected chi connectivity index (χ4v) is 5.26. The highest BCUT2D eigenvalue weighted by Crippen LogP contribution is 2.32. The summed E-state index contributed by atoms with van der Waals surface area (Å²) in [5, 5.41) is 5.49. The number of fused-ring (bicyclic) bond motifs is 1. The minimum Gasteiger partial charge on any atom is -0.339 e. The Kier molecular flexibility index (Phi) is 4.81. The number of rotatable bonds is 3. The van der Waals surface area contributed by atoms with Crippen LogP contribution >= 0.6 is 11.3 Å². The van der Waals surface area contributed by atoms with Gasteiger partial charge in [-0.3, -0.25) is 9.59 Å². The Labute approximate surface area is 177 Å². The second kappa shape index (κ2) is 7.50. The van der Waals surface area contributed by atoms with Crippen molar-refractivity contribution in [3.8, 4) is 5.69 Å². The lowest BCUT2D eigenvalue weighted by Crippen LogP contribution is -2.52. The summed E-state index contributed by atoms with van der Waals surface area (Å²) in [6.45, 7) is 4.25. The number of hydrogen-bond donors (Lipinski definition) is 0. The fraction of sp³-hybridized carbons (Fsp3) is 0.409. The van der Waals surface area contributed by atoms with E-state index in [0.717, 1.165) is 40.9 Å². The number of hydrogen-bond acceptors (Lipinski definition) is 4. The van der Waals surface area contributed by atoms with Crippen molar-refractivity contribution in [3.05, 3.63) is 46.7 Å². The van der Waals surface area contributed by atoms with Gasteiger partial charge in [-0.25, -0.2) is 9.07 Å². The van der Waals surface area contributed by atoms with E-state index < -0.39 is 0 Å². The van der Waals surface area contributed by atoms with E-state index in [0.29, 0.717) is 31.1 Å². The van der Waals surface area contributed by atoms with Crippen molar-refractivity contribution in [1.82, 2.24) is 19.6 Å². The summed E-state index contributed by atoms with van der Waals surface area (Å²) < 4.78 is 15.0. The van der Waals surface area contributed by atoms with Crippen LogP contribution in [-0.4, -0.2) is 57.6 Å². The summed E-state index contributed by atoms with van der Waals surface area (Å²) in [5.41, 5.74) is 1.60. The van der Waals surface area contributed by atoms with Crippen LogP contribution in [0.1, 0.15) is 34.6 Å². The molecule has 1 aliphatic carbocycles. The number of halogens is 1. The van der Waals surface area contributed by atoms with Crippen LogP contribution in [0.3, 0.4) is 0 Å². The van der Waals surface area contributed by atoms with Gasteiger partial charge in [0, 0.05) is 37.5 Å². The fourth-order valence-electron chi connectivity index (χ4n) is 4.11. The average molecular weight is 427 g/mol. The van der Waals surface area contributed by atoms with E-state index in [1.807, 2.05) is 22.8 Å². The van der Waals surface area contributed by atoms with Crippen molar-refractivity contribution in [2.45, 2.75) is 26.2 Å². The molecule has 0 spiro atoms. The summed E-state index contributed by atoms with van der Waals surface area (Å²) in [4.78, 5) is 30.8. The molecule has 0 atom stereocenters. The van der Waals surface area contributed by atoms with Gasteiger partial charge in [0.25, 0.3) is 5.91 Å². The summed E-state index contributed by atoms with van der Waals surface area (Å²) in [6.07, 6.45) is 3.16. The smallest absolute Gasteiger partial charge is 0.264 e. The van der Waals surface area contributed by atoms with E-state index in [4.69, 9.17) is 0 Å². The van der Waals surface area contributed by atoms with Crippen molar-refractivity contribution in [1.29, 1.82) is 0 Å². The van der Waals surface area contributed by atoms with Crippen LogP contribution in [0.15, 0.2) is 30.3 Å². The Hall–Kier alpha value is -2.74. The first-order valence-electron chi connectivity index (χ1n) is 10.3. The monoisotopic (exact) mass is 426 g/mol. The van der Waals surface area contributed by atoms with Crippen LogP contribution in [0, 0.1) is 18.7 Å². The van der Waals surface area contributed by atoms with E-state index >= 15 is 0 Å². The minimum absolute atomic E-state index is 0.00278. The Morgan fingerprint density at radius 3 is 2.37 bits per heavy atom. The first-order chi connectivity index (χ1) is 14.5. The predicted octanol–water partition coefficient (Wildman–Crippen LogP) is 3.62. The van der Waals surface area contributed by atoms with Crippen LogP contribution < -0.4 is 0 Å². The maximum Gasteiger partial charge on any atom is 0.264 e. The molecule has 0 radical (unpaired) electrons. The highest BCUT2D eigenvalue weighted by Gasteiger charge is 2.32. The Morgan fingerprint density at radius 1 is 1.07 bits per heavy atom. The summed E-state index contributed by atoms with van der Waals surface area (Å²) >= 11 is 1.41. The van der Waals surface area contributed by atoms with E-state index in [-0.39, 0.29) is 23.5 Å². The number of piperazine rings is 1. The second-order valence-corrected chi connectivity index (χ2v) is 9.08. The molecule has 2 amide bonds. The van der Waals surface area contributed by atoms with Gasteiger partial charge in [0.15, 0.2) is 0 Å². The van der Waals surface area contributed by atoms with Gasteiger partial charge in [0.2, 0.25) is 5.91 Å². The van der Waals surface area contributed by atoms with E-state index in [9.17, 15) is 14.0 Å². The van der Waals surface area contributed by atoms with E-state index in [1.165, 1.54) is 23.5 Å². The number of benzene rings is 1. The first kappa shape index (κ1) is 19.2. The summed E-state index contributed by atoms with van der Waals surface area (Å²) in [7, 11) is 0. The van der Waals surface area contributed by atoms with Gasteiger partial charge in [-0.15, -0.1) is 11.3 Å². The molecule has 3 aromatic rings. The van der Waals surface area contributed by atoms with Gasteiger partial charge in [-0.2, -0.15) is 5.10 Å². The van der Waals surface area contributed by atoms with E-state index in [2.05, 4.69) is 5.10 Å². The highest BCUT2D eigenvalue weighted by molar-refractivity contribution is 7.20. The Balaban J connectivity index is 1.34. The Morgan fingerprint density at radius 2 is 1.73 bits per heavy atom. The van der Waals surface area contributed by atoms with Crippen molar-refractivity contribution < 1.29 is 14.0 Å². The molecule has 2 aromatic heterocycles. The number of aryl methyl sites for hydroxylation is 1. The van der Waals surface area contributed by atoms with Gasteiger partial charge < -0.3 is 9.80 Å². The summed E-state index contributed by atoms with van der Waals surface area (Å²) in [6, 6.07) is 8.07. The normalized spacial score (nSPS) is 17.4. The molecule has 2 aliphatic rings. The lowest BCUT2D eigenvalue weighted by molar-refractivity contribution is -0.139. The second-order valence-electron chi connectivity index (χ2n) is 8.05. The zero-order valence-corrected chi connectivity index (χ0v) is 17.6. The molecule has 1 saturated heterocycles. The standard InChI is InChI=1S/C22H23FN4O2S/c1-14-18-13-19(30-22(18)27(24-14)17-7-5-16(23)6-8-17)21(29)26-11-9-25(10-12-26)20(28)15-3-2-4-15/h5-8,13,15H,2-4,9-12H2,1H3. The molecule has 0 N–H and O–H groups in total. The van der Waals surface area contributed by atoms with Crippen LogP contribution in [-0.2, 0) is 4.79 Å². The quantitative estimate of drug-likeness (QED) is 0.643. The summed E-state index contributed by atoms with van der Waals surface area (Å²) in [5.74, 6) is 0.158. The van der Waals surface area contributed by atoms with Crippen molar-refractivity contribution >= 4 is 33.4 Å². The largest absolute Gasteiger partial charge is 0.339 e. The topological polar surface area (TPSA) is 58.4 Å². The molecule has 3 heterocycles. The maximum absolute atomic E-state index is 13.3. The molecule has 1 aromatic carbocycles. The van der Waals surface area contributed by atoms with Gasteiger partial charge in [0.05, 0.1) is 16.3 Å². The van der Waals surface area contributed by atoms with Gasteiger partial charge >= 0.3 is 0 Å². The van der Waals surface area contributed by atoms with Crippen molar-refractivity contribution in [2.75, 3.05) is 26.2 Å². The first-order valence-corrected chi connectivity index (χ1v) is 11.2. The lowest BCUT2D eigenvalue weighted by atomic mass is 9.84. The number of thiophene rings is 1. The number of carbonyl (C=O) groups excluding carboxylic acids is 2. The van der Waals surface area contributed by atoms with Crippen LogP contribution in [0.25, 0.3) is 15.9 Å². The third-order valence-electron chi connectivity index (χ3n) is 6.16. The molecule has 0 unspecified atom stereocenters. The molecule has 6 nitrogen and oxygen atoms in total. The molecular formula is C22H23FN4O2S. The highest BCUT2D eigenvalue weighted by atomic mass is 32.1. The molecule has 1 aliphatic heterocycles.